The van der Waals surface area contributed by atoms with Crippen LogP contribution in [0.25, 0.3) is 0 Å². The van der Waals surface area contributed by atoms with Gasteiger partial charge in [0.2, 0.25) is 5.78 Å². The van der Waals surface area contributed by atoms with Crippen LogP contribution in [0.5, 0.6) is 0 Å². The number of anilines is 1. The van der Waals surface area contributed by atoms with Crippen molar-refractivity contribution < 1.29 is 4.79 Å². The Labute approximate surface area is 113 Å². The van der Waals surface area contributed by atoms with E-state index in [1.54, 1.807) is 12.1 Å². The number of nitrogens with two attached hydrogens (primary N) is 1. The summed E-state index contributed by atoms with van der Waals surface area (Å²) in [6.07, 6.45) is 0. The van der Waals surface area contributed by atoms with Gasteiger partial charge in [-0.05, 0) is 31.2 Å². The van der Waals surface area contributed by atoms with E-state index in [-0.39, 0.29) is 10.8 Å². The topological polar surface area (TPSA) is 43.1 Å². The van der Waals surface area contributed by atoms with Crippen molar-refractivity contribution in [2.75, 3.05) is 5.73 Å². The summed E-state index contributed by atoms with van der Waals surface area (Å²) in [6, 6.07) is 6.74. The van der Waals surface area contributed by atoms with E-state index in [1.165, 1.54) is 17.4 Å². The highest BCUT2D eigenvalue weighted by Gasteiger charge is 2.17. The Morgan fingerprint density at radius 2 is 2.00 bits per heavy atom. The van der Waals surface area contributed by atoms with Crippen molar-refractivity contribution in [2.24, 2.45) is 0 Å². The number of halogens is 2. The molecule has 0 amide bonds. The Bertz CT molecular complexity index is 592. The monoisotopic (exact) mass is 285 g/mol. The molecule has 0 saturated carbocycles. The average molecular weight is 286 g/mol. The molecule has 5 heteroatoms. The summed E-state index contributed by atoms with van der Waals surface area (Å²) in [4.78, 5) is 13.9. The van der Waals surface area contributed by atoms with Crippen molar-refractivity contribution >= 4 is 46.0 Å². The van der Waals surface area contributed by atoms with Gasteiger partial charge in [-0.2, -0.15) is 0 Å². The van der Waals surface area contributed by atoms with Crippen LogP contribution < -0.4 is 5.73 Å². The van der Waals surface area contributed by atoms with Crippen molar-refractivity contribution in [2.45, 2.75) is 6.92 Å². The molecule has 0 aliphatic carbocycles. The van der Waals surface area contributed by atoms with Gasteiger partial charge in [0.15, 0.2) is 0 Å². The van der Waals surface area contributed by atoms with Gasteiger partial charge in [-0.15, -0.1) is 11.3 Å². The highest BCUT2D eigenvalue weighted by atomic mass is 35.5. The van der Waals surface area contributed by atoms with Crippen LogP contribution in [-0.4, -0.2) is 5.78 Å². The fraction of sp³-hybridized carbons (Fsp3) is 0.0833. The van der Waals surface area contributed by atoms with E-state index in [0.717, 1.165) is 4.88 Å². The SMILES string of the molecule is Cc1ccc(C(=O)c2cc(N)cc(Cl)c2Cl)s1. The van der Waals surface area contributed by atoms with Crippen LogP contribution >= 0.6 is 34.5 Å². The summed E-state index contributed by atoms with van der Waals surface area (Å²) >= 11 is 13.3. The fourth-order valence-corrected chi connectivity index (χ4v) is 2.71. The van der Waals surface area contributed by atoms with E-state index in [0.29, 0.717) is 21.2 Å². The van der Waals surface area contributed by atoms with Crippen LogP contribution in [0, 0.1) is 6.92 Å². The van der Waals surface area contributed by atoms with Gasteiger partial charge in [0, 0.05) is 16.1 Å². The number of nitrogen functional groups attached to an aromatic ring is 1. The molecule has 88 valence electrons. The fourth-order valence-electron chi connectivity index (χ4n) is 1.46. The Kier molecular flexibility index (Phi) is 3.43. The summed E-state index contributed by atoms with van der Waals surface area (Å²) in [5.41, 5.74) is 6.43. The van der Waals surface area contributed by atoms with Crippen LogP contribution in [0.4, 0.5) is 5.69 Å². The molecular formula is C12H9Cl2NOS. The first-order valence-electron chi connectivity index (χ1n) is 4.84. The second kappa shape index (κ2) is 4.69. The number of carbonyl (C=O) groups excluding carboxylic acids is 1. The first-order valence-corrected chi connectivity index (χ1v) is 6.42. The summed E-state index contributed by atoms with van der Waals surface area (Å²) in [7, 11) is 0. The van der Waals surface area contributed by atoms with E-state index >= 15 is 0 Å². The van der Waals surface area contributed by atoms with Gasteiger partial charge in [-0.1, -0.05) is 23.2 Å². The Morgan fingerprint density at radius 1 is 1.29 bits per heavy atom. The van der Waals surface area contributed by atoms with E-state index < -0.39 is 0 Å². The zero-order valence-electron chi connectivity index (χ0n) is 8.96. The van der Waals surface area contributed by atoms with Crippen LogP contribution in [0.15, 0.2) is 24.3 Å². The van der Waals surface area contributed by atoms with Crippen LogP contribution in [-0.2, 0) is 0 Å². The molecule has 1 aromatic carbocycles. The molecular weight excluding hydrogens is 277 g/mol. The third kappa shape index (κ3) is 2.46. The largest absolute Gasteiger partial charge is 0.399 e. The molecule has 2 N–H and O–H groups in total. The Hall–Kier alpha value is -1.03. The van der Waals surface area contributed by atoms with Crippen molar-refractivity contribution in [3.05, 3.63) is 49.6 Å². The second-order valence-corrected chi connectivity index (χ2v) is 5.68. The lowest BCUT2D eigenvalue weighted by molar-refractivity contribution is 0.104. The molecule has 2 nitrogen and oxygen atoms in total. The Morgan fingerprint density at radius 3 is 2.59 bits per heavy atom. The van der Waals surface area contributed by atoms with E-state index in [2.05, 4.69) is 0 Å². The minimum Gasteiger partial charge on any atom is -0.399 e. The lowest BCUT2D eigenvalue weighted by Crippen LogP contribution is -2.01. The molecule has 0 spiro atoms. The molecule has 0 saturated heterocycles. The zero-order chi connectivity index (χ0) is 12.6. The minimum atomic E-state index is -0.151. The van der Waals surface area contributed by atoms with Gasteiger partial charge in [-0.25, -0.2) is 0 Å². The zero-order valence-corrected chi connectivity index (χ0v) is 11.3. The molecule has 1 heterocycles. The normalized spacial score (nSPS) is 10.5. The molecule has 0 atom stereocenters. The number of rotatable bonds is 2. The highest BCUT2D eigenvalue weighted by Crippen LogP contribution is 2.31. The molecule has 2 aromatic rings. The lowest BCUT2D eigenvalue weighted by atomic mass is 10.1. The maximum Gasteiger partial charge on any atom is 0.204 e. The van der Waals surface area contributed by atoms with Gasteiger partial charge >= 0.3 is 0 Å². The predicted octanol–water partition coefficient (Wildman–Crippen LogP) is 4.18. The summed E-state index contributed by atoms with van der Waals surface area (Å²) in [5, 5.41) is 0.542. The first kappa shape index (κ1) is 12.4. The van der Waals surface area contributed by atoms with E-state index in [1.807, 2.05) is 13.0 Å². The second-order valence-electron chi connectivity index (χ2n) is 3.60. The van der Waals surface area contributed by atoms with Crippen molar-refractivity contribution in [3.8, 4) is 0 Å². The lowest BCUT2D eigenvalue weighted by Gasteiger charge is -2.05. The third-order valence-electron chi connectivity index (χ3n) is 2.26. The van der Waals surface area contributed by atoms with Gasteiger partial charge in [0.05, 0.1) is 14.9 Å². The maximum absolute atomic E-state index is 12.2. The van der Waals surface area contributed by atoms with Crippen molar-refractivity contribution in [1.29, 1.82) is 0 Å². The number of thiophene rings is 1. The molecule has 0 radical (unpaired) electrons. The minimum absolute atomic E-state index is 0.151. The van der Waals surface area contributed by atoms with Crippen LogP contribution in [0.1, 0.15) is 20.1 Å². The number of ketones is 1. The van der Waals surface area contributed by atoms with Gasteiger partial charge < -0.3 is 5.73 Å². The molecule has 17 heavy (non-hydrogen) atoms. The smallest absolute Gasteiger partial charge is 0.204 e. The predicted molar refractivity (Wildman–Crippen MR) is 73.4 cm³/mol. The number of hydrogen-bond acceptors (Lipinski definition) is 3. The molecule has 0 aliphatic rings. The van der Waals surface area contributed by atoms with E-state index in [9.17, 15) is 4.79 Å². The summed E-state index contributed by atoms with van der Waals surface area (Å²) < 4.78 is 0. The number of hydrogen-bond donors (Lipinski definition) is 1. The molecule has 0 bridgehead atoms. The maximum atomic E-state index is 12.2. The highest BCUT2D eigenvalue weighted by molar-refractivity contribution is 7.14. The standard InChI is InChI=1S/C12H9Cl2NOS/c1-6-2-3-10(17-6)12(16)8-4-7(15)5-9(13)11(8)14/h2-5H,15H2,1H3. The quantitative estimate of drug-likeness (QED) is 0.665. The first-order chi connectivity index (χ1) is 7.99. The van der Waals surface area contributed by atoms with E-state index in [4.69, 9.17) is 28.9 Å². The molecule has 0 unspecified atom stereocenters. The molecule has 0 aliphatic heterocycles. The number of benzene rings is 1. The summed E-state index contributed by atoms with van der Waals surface area (Å²) in [5.74, 6) is -0.151. The third-order valence-corrected chi connectivity index (χ3v) is 4.06. The van der Waals surface area contributed by atoms with Gasteiger partial charge in [0.25, 0.3) is 0 Å². The Balaban J connectivity index is 2.51. The summed E-state index contributed by atoms with van der Waals surface area (Å²) in [6.45, 7) is 1.94. The number of aryl methyl sites for hydroxylation is 1. The van der Waals surface area contributed by atoms with Crippen LogP contribution in [0.3, 0.4) is 0 Å². The molecule has 1 aromatic heterocycles. The van der Waals surface area contributed by atoms with Crippen molar-refractivity contribution in [1.82, 2.24) is 0 Å². The molecule has 2 rings (SSSR count). The number of carbonyl (C=O) groups is 1. The molecule has 0 fully saturated rings. The van der Waals surface area contributed by atoms with Gasteiger partial charge in [0.1, 0.15) is 0 Å². The van der Waals surface area contributed by atoms with Crippen molar-refractivity contribution in [3.63, 3.8) is 0 Å². The van der Waals surface area contributed by atoms with Crippen LogP contribution in [0.2, 0.25) is 10.0 Å². The average Bonchev–Trinajstić information content (AvgIpc) is 2.69. The van der Waals surface area contributed by atoms with Gasteiger partial charge in [-0.3, -0.25) is 4.79 Å².